The number of nitrogens with one attached hydrogen (secondary N) is 1. The molecule has 0 aliphatic rings. The summed E-state index contributed by atoms with van der Waals surface area (Å²) >= 11 is 0. The molecule has 2 rings (SSSR count). The first kappa shape index (κ1) is 29.2. The monoisotopic (exact) mass is 516 g/mol. The third-order valence-electron chi connectivity index (χ3n) is 6.20. The Hall–Kier alpha value is -3.07. The van der Waals surface area contributed by atoms with Crippen LogP contribution in [-0.4, -0.2) is 30.7 Å². The van der Waals surface area contributed by atoms with Crippen molar-refractivity contribution in [3.05, 3.63) is 45.7 Å². The third-order valence-corrected chi connectivity index (χ3v) is 7.64. The summed E-state index contributed by atoms with van der Waals surface area (Å²) in [5.41, 5.74) is 6.11. The van der Waals surface area contributed by atoms with E-state index in [1.54, 1.807) is 0 Å². The zero-order valence-electron chi connectivity index (χ0n) is 21.4. The highest BCUT2D eigenvalue weighted by Gasteiger charge is 2.21. The molecule has 1 aromatic heterocycles. The van der Waals surface area contributed by atoms with Gasteiger partial charge in [-0.2, -0.15) is 10.4 Å². The molecule has 0 bridgehead atoms. The first-order chi connectivity index (χ1) is 17.1. The Morgan fingerprint density at radius 1 is 1.17 bits per heavy atom. The second kappa shape index (κ2) is 13.3. The predicted molar refractivity (Wildman–Crippen MR) is 139 cm³/mol. The van der Waals surface area contributed by atoms with Gasteiger partial charge in [0.25, 0.3) is 5.56 Å². The van der Waals surface area contributed by atoms with Crippen LogP contribution in [0, 0.1) is 24.2 Å². The van der Waals surface area contributed by atoms with E-state index in [4.69, 9.17) is 5.73 Å². The van der Waals surface area contributed by atoms with Crippen molar-refractivity contribution < 1.29 is 13.5 Å². The van der Waals surface area contributed by atoms with Crippen LogP contribution in [0.1, 0.15) is 64.0 Å². The van der Waals surface area contributed by atoms with Crippen molar-refractivity contribution in [2.24, 2.45) is 21.9 Å². The maximum absolute atomic E-state index is 12.9. The summed E-state index contributed by atoms with van der Waals surface area (Å²) in [6.45, 7) is 8.01. The number of nitriles is 1. The van der Waals surface area contributed by atoms with E-state index in [-0.39, 0.29) is 52.6 Å². The van der Waals surface area contributed by atoms with E-state index in [0.29, 0.717) is 12.1 Å². The van der Waals surface area contributed by atoms with Gasteiger partial charge in [0, 0.05) is 24.7 Å². The normalized spacial score (nSPS) is 13.6. The Bertz CT molecular complexity index is 1260. The molecule has 2 unspecified atom stereocenters. The molecule has 196 valence electrons. The van der Waals surface area contributed by atoms with Gasteiger partial charge < -0.3 is 10.8 Å². The lowest BCUT2D eigenvalue weighted by Gasteiger charge is -2.22. The molecular weight excluding hydrogens is 480 g/mol. The molecule has 0 saturated heterocycles. The molecule has 0 fully saturated rings. The molecule has 0 radical (unpaired) electrons. The zero-order valence-corrected chi connectivity index (χ0v) is 22.2. The Morgan fingerprint density at radius 3 is 2.39 bits per heavy atom. The zero-order chi connectivity index (χ0) is 26.9. The number of unbranched alkanes of at least 4 members (excludes halogenated alkanes) is 1. The van der Waals surface area contributed by atoms with Gasteiger partial charge in [-0.25, -0.2) is 13.1 Å². The summed E-state index contributed by atoms with van der Waals surface area (Å²) in [7, 11) is -3.73. The largest absolute Gasteiger partial charge is 0.493 e. The van der Waals surface area contributed by atoms with Crippen molar-refractivity contribution in [3.8, 4) is 11.9 Å². The van der Waals surface area contributed by atoms with Crippen LogP contribution in [0.25, 0.3) is 0 Å². The van der Waals surface area contributed by atoms with Crippen LogP contribution in [-0.2, 0) is 16.6 Å². The summed E-state index contributed by atoms with van der Waals surface area (Å²) in [6.07, 6.45) is 3.99. The quantitative estimate of drug-likeness (QED) is 0.334. The number of sulfonamides is 1. The first-order valence-electron chi connectivity index (χ1n) is 12.2. The van der Waals surface area contributed by atoms with Crippen LogP contribution in [0.2, 0.25) is 0 Å². The van der Waals surface area contributed by atoms with Gasteiger partial charge in [-0.1, -0.05) is 40.0 Å². The van der Waals surface area contributed by atoms with Crippen LogP contribution in [0.3, 0.4) is 0 Å². The predicted octanol–water partition coefficient (Wildman–Crippen LogP) is 4.38. The number of hydrogen-bond acceptors (Lipinski definition) is 8. The number of nitrogens with two attached hydrogens (primary N) is 1. The van der Waals surface area contributed by atoms with Crippen LogP contribution < -0.4 is 16.0 Å². The fraction of sp³-hybridized carbons (Fsp3) is 0.520. The fourth-order valence-corrected chi connectivity index (χ4v) is 4.94. The molecule has 36 heavy (non-hydrogen) atoms. The van der Waals surface area contributed by atoms with Gasteiger partial charge in [-0.15, -0.1) is 5.11 Å². The third kappa shape index (κ3) is 7.00. The highest BCUT2D eigenvalue weighted by Crippen LogP contribution is 2.27. The lowest BCUT2D eigenvalue weighted by molar-refractivity contribution is 0.383. The summed E-state index contributed by atoms with van der Waals surface area (Å²) in [6, 6.07) is 7.63. The van der Waals surface area contributed by atoms with Gasteiger partial charge in [0.15, 0.2) is 5.69 Å². The van der Waals surface area contributed by atoms with E-state index in [9.17, 15) is 23.6 Å². The van der Waals surface area contributed by atoms with Crippen molar-refractivity contribution >= 4 is 21.4 Å². The molecule has 0 aliphatic carbocycles. The lowest BCUT2D eigenvalue weighted by Crippen LogP contribution is -2.38. The van der Waals surface area contributed by atoms with E-state index in [1.807, 2.05) is 26.8 Å². The SMILES string of the molecule is CCCCn1c(O)c(C#N)c(C)c(N=Nc2ccc(S(=O)(=O)NCC(CC)C(N)CCC)cc2)c1=O. The number of benzene rings is 1. The maximum atomic E-state index is 12.9. The van der Waals surface area contributed by atoms with Crippen molar-refractivity contribution in [2.45, 2.75) is 77.3 Å². The average molecular weight is 517 g/mol. The first-order valence-corrected chi connectivity index (χ1v) is 13.7. The van der Waals surface area contributed by atoms with Crippen molar-refractivity contribution in [1.82, 2.24) is 9.29 Å². The standard InChI is InChI=1S/C25H36N6O4S/c1-5-8-14-31-24(32)21(15-26)17(4)23(25(31)33)30-29-19-10-12-20(13-11-19)36(34,35)28-16-18(7-3)22(27)9-6-2/h10-13,18,22,28,32H,5-9,14,16,27H2,1-4H3. The second-order valence-corrected chi connectivity index (χ2v) is 10.5. The summed E-state index contributed by atoms with van der Waals surface area (Å²) < 4.78 is 29.2. The molecule has 0 aliphatic heterocycles. The number of nitrogens with zero attached hydrogens (tertiary/aromatic N) is 4. The molecule has 1 aromatic carbocycles. The minimum absolute atomic E-state index is 0.0313. The number of hydrogen-bond donors (Lipinski definition) is 3. The van der Waals surface area contributed by atoms with E-state index in [1.165, 1.54) is 31.2 Å². The van der Waals surface area contributed by atoms with E-state index >= 15 is 0 Å². The van der Waals surface area contributed by atoms with Gasteiger partial charge in [-0.3, -0.25) is 9.36 Å². The van der Waals surface area contributed by atoms with Gasteiger partial charge >= 0.3 is 0 Å². The molecular formula is C25H36N6O4S. The highest BCUT2D eigenvalue weighted by atomic mass is 32.2. The number of aromatic nitrogens is 1. The molecule has 11 heteroatoms. The van der Waals surface area contributed by atoms with Crippen LogP contribution >= 0.6 is 0 Å². The molecule has 2 atom stereocenters. The average Bonchev–Trinajstić information content (AvgIpc) is 2.85. The van der Waals surface area contributed by atoms with Crippen LogP contribution in [0.5, 0.6) is 5.88 Å². The summed E-state index contributed by atoms with van der Waals surface area (Å²) in [5, 5.41) is 27.9. The molecule has 10 nitrogen and oxygen atoms in total. The molecule has 0 spiro atoms. The van der Waals surface area contributed by atoms with Gasteiger partial charge in [0.2, 0.25) is 15.9 Å². The Morgan fingerprint density at radius 2 is 1.83 bits per heavy atom. The fourth-order valence-electron chi connectivity index (χ4n) is 3.85. The topological polar surface area (TPSA) is 163 Å². The lowest BCUT2D eigenvalue weighted by atomic mass is 9.94. The molecule has 4 N–H and O–H groups in total. The minimum atomic E-state index is -3.73. The second-order valence-electron chi connectivity index (χ2n) is 8.76. The molecule has 0 saturated carbocycles. The highest BCUT2D eigenvalue weighted by molar-refractivity contribution is 7.89. The molecule has 0 amide bonds. The Kier molecular flexibility index (Phi) is 10.8. The van der Waals surface area contributed by atoms with Crippen LogP contribution in [0.15, 0.2) is 44.2 Å². The Balaban J connectivity index is 2.26. The van der Waals surface area contributed by atoms with E-state index < -0.39 is 15.6 Å². The number of aromatic hydroxyl groups is 1. The number of rotatable bonds is 13. The van der Waals surface area contributed by atoms with Crippen LogP contribution in [0.4, 0.5) is 11.4 Å². The van der Waals surface area contributed by atoms with Crippen molar-refractivity contribution in [3.63, 3.8) is 0 Å². The smallest absolute Gasteiger partial charge is 0.281 e. The van der Waals surface area contributed by atoms with Gasteiger partial charge in [0.1, 0.15) is 11.6 Å². The number of azo groups is 1. The van der Waals surface area contributed by atoms with E-state index in [0.717, 1.165) is 30.3 Å². The summed E-state index contributed by atoms with van der Waals surface area (Å²) in [4.78, 5) is 13.0. The van der Waals surface area contributed by atoms with Crippen molar-refractivity contribution in [2.75, 3.05) is 6.54 Å². The Labute approximate surface area is 212 Å². The minimum Gasteiger partial charge on any atom is -0.493 e. The van der Waals surface area contributed by atoms with Gasteiger partial charge in [-0.05, 0) is 49.9 Å². The maximum Gasteiger partial charge on any atom is 0.281 e. The van der Waals surface area contributed by atoms with E-state index in [2.05, 4.69) is 15.0 Å². The molecule has 1 heterocycles. The number of pyridine rings is 1. The van der Waals surface area contributed by atoms with Gasteiger partial charge in [0.05, 0.1) is 10.6 Å². The summed E-state index contributed by atoms with van der Waals surface area (Å²) in [5.74, 6) is -0.337. The molecule has 2 aromatic rings. The van der Waals surface area contributed by atoms with Crippen molar-refractivity contribution in [1.29, 1.82) is 5.26 Å².